The molecule has 4 rings (SSSR count). The molecule has 5 nitrogen and oxygen atoms in total. The van der Waals surface area contributed by atoms with Crippen molar-refractivity contribution in [1.82, 2.24) is 20.2 Å². The molecule has 0 spiro atoms. The van der Waals surface area contributed by atoms with Gasteiger partial charge in [-0.25, -0.2) is 0 Å². The topological polar surface area (TPSA) is 55.6 Å². The zero-order valence-electron chi connectivity index (χ0n) is 11.5. The van der Waals surface area contributed by atoms with E-state index in [0.717, 1.165) is 16.8 Å². The molecule has 1 aromatic heterocycles. The minimum Gasteiger partial charge on any atom is -0.323 e. The molecule has 0 saturated carbocycles. The first-order valence-electron chi connectivity index (χ1n) is 6.89. The first-order valence-corrected chi connectivity index (χ1v) is 7.27. The van der Waals surface area contributed by atoms with Crippen molar-refractivity contribution < 1.29 is 0 Å². The van der Waals surface area contributed by atoms with Gasteiger partial charge in [-0.15, -0.1) is 0 Å². The summed E-state index contributed by atoms with van der Waals surface area (Å²) in [6.45, 7) is 0. The molecule has 1 unspecified atom stereocenters. The Bertz CT molecular complexity index is 841. The lowest BCUT2D eigenvalue weighted by molar-refractivity contribution is 0.586. The van der Waals surface area contributed by atoms with Crippen molar-refractivity contribution in [2.75, 3.05) is 5.32 Å². The summed E-state index contributed by atoms with van der Waals surface area (Å²) in [5.41, 5.74) is 3.10. The Morgan fingerprint density at radius 1 is 1.05 bits per heavy atom. The minimum absolute atomic E-state index is 0.0971. The highest BCUT2D eigenvalue weighted by molar-refractivity contribution is 6.30. The van der Waals surface area contributed by atoms with Gasteiger partial charge < -0.3 is 5.32 Å². The summed E-state index contributed by atoms with van der Waals surface area (Å²) in [6.07, 6.45) is 2.10. The maximum atomic E-state index is 6.12. The van der Waals surface area contributed by atoms with E-state index in [0.29, 0.717) is 11.0 Å². The molecule has 3 aromatic rings. The summed E-state index contributed by atoms with van der Waals surface area (Å²) >= 11 is 6.12. The summed E-state index contributed by atoms with van der Waals surface area (Å²) in [5.74, 6) is 0.617. The van der Waals surface area contributed by atoms with Crippen LogP contribution in [0.25, 0.3) is 5.70 Å². The van der Waals surface area contributed by atoms with Crippen molar-refractivity contribution >= 4 is 23.2 Å². The fourth-order valence-corrected chi connectivity index (χ4v) is 2.77. The van der Waals surface area contributed by atoms with E-state index in [2.05, 4.69) is 26.9 Å². The number of aromatic nitrogens is 4. The SMILES string of the molecule is Clc1cccc(C2C=C(c3ccccc3)Nc3nnnn32)c1. The molecule has 6 heteroatoms. The highest BCUT2D eigenvalue weighted by atomic mass is 35.5. The molecule has 0 aliphatic carbocycles. The molecular formula is C16H12ClN5. The Labute approximate surface area is 132 Å². The van der Waals surface area contributed by atoms with Crippen LogP contribution in [0.1, 0.15) is 17.2 Å². The quantitative estimate of drug-likeness (QED) is 0.788. The third-order valence-electron chi connectivity index (χ3n) is 3.60. The van der Waals surface area contributed by atoms with Crippen molar-refractivity contribution in [1.29, 1.82) is 0 Å². The van der Waals surface area contributed by atoms with E-state index < -0.39 is 0 Å². The van der Waals surface area contributed by atoms with Gasteiger partial charge in [-0.2, -0.15) is 4.68 Å². The van der Waals surface area contributed by atoms with Crippen LogP contribution in [-0.4, -0.2) is 20.2 Å². The maximum absolute atomic E-state index is 6.12. The predicted molar refractivity (Wildman–Crippen MR) is 85.4 cm³/mol. The third-order valence-corrected chi connectivity index (χ3v) is 3.84. The molecule has 1 aliphatic heterocycles. The number of nitrogens with one attached hydrogen (secondary N) is 1. The highest BCUT2D eigenvalue weighted by Gasteiger charge is 2.24. The van der Waals surface area contributed by atoms with E-state index >= 15 is 0 Å². The normalized spacial score (nSPS) is 16.6. The Kier molecular flexibility index (Phi) is 3.12. The number of tetrazole rings is 1. The lowest BCUT2D eigenvalue weighted by Gasteiger charge is -2.23. The fraction of sp³-hybridized carbons (Fsp3) is 0.0625. The summed E-state index contributed by atoms with van der Waals surface area (Å²) in [5, 5.41) is 15.8. The summed E-state index contributed by atoms with van der Waals surface area (Å²) in [6, 6.07) is 17.7. The Hall–Kier alpha value is -2.66. The van der Waals surface area contributed by atoms with Crippen LogP contribution in [0.15, 0.2) is 60.7 Å². The van der Waals surface area contributed by atoms with E-state index in [1.807, 2.05) is 54.6 Å². The molecule has 22 heavy (non-hydrogen) atoms. The van der Waals surface area contributed by atoms with E-state index in [4.69, 9.17) is 11.6 Å². The average molecular weight is 310 g/mol. The number of fused-ring (bicyclic) bond motifs is 1. The molecule has 1 N–H and O–H groups in total. The predicted octanol–water partition coefficient (Wildman–Crippen LogP) is 3.38. The smallest absolute Gasteiger partial charge is 0.248 e. The van der Waals surface area contributed by atoms with E-state index in [1.165, 1.54) is 0 Å². The van der Waals surface area contributed by atoms with Crippen LogP contribution in [0, 0.1) is 0 Å². The van der Waals surface area contributed by atoms with Crippen molar-refractivity contribution in [3.63, 3.8) is 0 Å². The van der Waals surface area contributed by atoms with Gasteiger partial charge in [0.15, 0.2) is 0 Å². The first kappa shape index (κ1) is 13.0. The van der Waals surface area contributed by atoms with Crippen LogP contribution in [-0.2, 0) is 0 Å². The summed E-state index contributed by atoms with van der Waals surface area (Å²) < 4.78 is 1.75. The van der Waals surface area contributed by atoms with Gasteiger partial charge in [-0.05, 0) is 39.8 Å². The van der Waals surface area contributed by atoms with Crippen LogP contribution in [0.3, 0.4) is 0 Å². The Morgan fingerprint density at radius 2 is 1.91 bits per heavy atom. The number of nitrogens with zero attached hydrogens (tertiary/aromatic N) is 4. The summed E-state index contributed by atoms with van der Waals surface area (Å²) in [7, 11) is 0. The van der Waals surface area contributed by atoms with Crippen LogP contribution in [0.5, 0.6) is 0 Å². The van der Waals surface area contributed by atoms with E-state index in [9.17, 15) is 0 Å². The second kappa shape index (κ2) is 5.27. The average Bonchev–Trinajstić information content (AvgIpc) is 3.03. The minimum atomic E-state index is -0.0971. The van der Waals surface area contributed by atoms with Gasteiger partial charge in [0, 0.05) is 10.7 Å². The monoisotopic (exact) mass is 309 g/mol. The number of benzene rings is 2. The van der Waals surface area contributed by atoms with Crippen molar-refractivity contribution in [2.45, 2.75) is 6.04 Å². The van der Waals surface area contributed by atoms with Gasteiger partial charge in [-0.1, -0.05) is 59.2 Å². The summed E-state index contributed by atoms with van der Waals surface area (Å²) in [4.78, 5) is 0. The van der Waals surface area contributed by atoms with Gasteiger partial charge in [0.1, 0.15) is 6.04 Å². The van der Waals surface area contributed by atoms with E-state index in [1.54, 1.807) is 4.68 Å². The Morgan fingerprint density at radius 3 is 2.73 bits per heavy atom. The molecule has 0 amide bonds. The van der Waals surface area contributed by atoms with Gasteiger partial charge in [0.2, 0.25) is 5.95 Å². The number of halogens is 1. The maximum Gasteiger partial charge on any atom is 0.248 e. The van der Waals surface area contributed by atoms with Gasteiger partial charge in [0.05, 0.1) is 0 Å². The zero-order valence-corrected chi connectivity index (χ0v) is 12.3. The lowest BCUT2D eigenvalue weighted by Crippen LogP contribution is -2.20. The second-order valence-electron chi connectivity index (χ2n) is 5.02. The lowest BCUT2D eigenvalue weighted by atomic mass is 10.0. The van der Waals surface area contributed by atoms with Crippen LogP contribution < -0.4 is 5.32 Å². The standard InChI is InChI=1S/C16H12ClN5/c17-13-8-4-7-12(9-13)15-10-14(11-5-2-1-3-6-11)18-16-19-20-21-22(15)16/h1-10,15H,(H,18,19,21). The largest absolute Gasteiger partial charge is 0.323 e. The van der Waals surface area contributed by atoms with Crippen molar-refractivity contribution in [3.8, 4) is 0 Å². The second-order valence-corrected chi connectivity index (χ2v) is 5.45. The van der Waals surface area contributed by atoms with Crippen LogP contribution in [0.4, 0.5) is 5.95 Å². The Balaban J connectivity index is 1.83. The zero-order chi connectivity index (χ0) is 14.9. The van der Waals surface area contributed by atoms with Gasteiger partial charge in [0.25, 0.3) is 0 Å². The highest BCUT2D eigenvalue weighted by Crippen LogP contribution is 2.32. The van der Waals surface area contributed by atoms with Crippen LogP contribution in [0.2, 0.25) is 5.02 Å². The first-order chi connectivity index (χ1) is 10.8. The van der Waals surface area contributed by atoms with Crippen molar-refractivity contribution in [3.05, 3.63) is 76.8 Å². The van der Waals surface area contributed by atoms with Crippen LogP contribution >= 0.6 is 11.6 Å². The third kappa shape index (κ3) is 2.25. The molecule has 2 aromatic carbocycles. The van der Waals surface area contributed by atoms with E-state index in [-0.39, 0.29) is 6.04 Å². The molecule has 1 atom stereocenters. The van der Waals surface area contributed by atoms with Gasteiger partial charge in [-0.3, -0.25) is 0 Å². The molecule has 1 aliphatic rings. The number of anilines is 1. The molecule has 0 fully saturated rings. The molecular weight excluding hydrogens is 298 g/mol. The number of hydrogen-bond acceptors (Lipinski definition) is 4. The number of hydrogen-bond donors (Lipinski definition) is 1. The molecule has 108 valence electrons. The molecule has 0 saturated heterocycles. The number of rotatable bonds is 2. The molecule has 2 heterocycles. The number of allylic oxidation sites excluding steroid dienone is 1. The van der Waals surface area contributed by atoms with Gasteiger partial charge >= 0.3 is 0 Å². The fourth-order valence-electron chi connectivity index (χ4n) is 2.57. The molecule has 0 radical (unpaired) electrons. The molecule has 0 bridgehead atoms. The van der Waals surface area contributed by atoms with Crippen molar-refractivity contribution in [2.24, 2.45) is 0 Å².